The van der Waals surface area contributed by atoms with Crippen LogP contribution >= 0.6 is 0 Å². The fourth-order valence-electron chi connectivity index (χ4n) is 2.21. The van der Waals surface area contributed by atoms with E-state index in [2.05, 4.69) is 15.6 Å². The van der Waals surface area contributed by atoms with Crippen LogP contribution in [0.5, 0.6) is 11.5 Å². The Bertz CT molecular complexity index is 706. The summed E-state index contributed by atoms with van der Waals surface area (Å²) in [5, 5.41) is 6.04. The van der Waals surface area contributed by atoms with Gasteiger partial charge in [-0.3, -0.25) is 9.78 Å². The molecule has 0 saturated heterocycles. The normalized spacial score (nSPS) is 10.2. The highest BCUT2D eigenvalue weighted by atomic mass is 16.5. The third kappa shape index (κ3) is 5.36. The zero-order valence-electron chi connectivity index (χ0n) is 14.7. The molecule has 0 atom stereocenters. The maximum Gasteiger partial charge on any atom is 0.252 e. The molecule has 1 heterocycles. The molecule has 1 amide bonds. The summed E-state index contributed by atoms with van der Waals surface area (Å²) in [5.74, 6) is 1.16. The van der Waals surface area contributed by atoms with Gasteiger partial charge in [-0.25, -0.2) is 0 Å². The number of carbonyl (C=O) groups is 1. The van der Waals surface area contributed by atoms with E-state index in [0.29, 0.717) is 35.9 Å². The Balaban J connectivity index is 2.07. The predicted molar refractivity (Wildman–Crippen MR) is 95.9 cm³/mol. The van der Waals surface area contributed by atoms with Gasteiger partial charge in [0.1, 0.15) is 11.5 Å². The lowest BCUT2D eigenvalue weighted by Gasteiger charge is -2.13. The van der Waals surface area contributed by atoms with Gasteiger partial charge in [-0.1, -0.05) is 0 Å². The molecule has 2 aromatic rings. The van der Waals surface area contributed by atoms with E-state index in [-0.39, 0.29) is 5.91 Å². The van der Waals surface area contributed by atoms with Crippen molar-refractivity contribution >= 4 is 17.3 Å². The number of carbonyl (C=O) groups excluding carboxylic acids is 1. The van der Waals surface area contributed by atoms with E-state index in [4.69, 9.17) is 14.2 Å². The molecule has 0 aliphatic rings. The molecule has 7 heteroatoms. The molecule has 0 bridgehead atoms. The van der Waals surface area contributed by atoms with Crippen LogP contribution in [0.25, 0.3) is 0 Å². The summed E-state index contributed by atoms with van der Waals surface area (Å²) in [5.41, 5.74) is 1.92. The Morgan fingerprint density at radius 1 is 1.12 bits per heavy atom. The molecular formula is C18H23N3O4. The number of benzene rings is 1. The summed E-state index contributed by atoms with van der Waals surface area (Å²) in [6.07, 6.45) is 3.93. The van der Waals surface area contributed by atoms with Crippen molar-refractivity contribution in [3.8, 4) is 11.5 Å². The van der Waals surface area contributed by atoms with Crippen LogP contribution in [0.4, 0.5) is 11.4 Å². The number of pyridine rings is 1. The largest absolute Gasteiger partial charge is 0.497 e. The van der Waals surface area contributed by atoms with Crippen molar-refractivity contribution in [3.63, 3.8) is 0 Å². The average Bonchev–Trinajstić information content (AvgIpc) is 2.65. The number of hydrogen-bond acceptors (Lipinski definition) is 6. The van der Waals surface area contributed by atoms with Crippen LogP contribution < -0.4 is 20.1 Å². The number of amides is 1. The Kier molecular flexibility index (Phi) is 7.03. The van der Waals surface area contributed by atoms with Crippen LogP contribution in [0.1, 0.15) is 16.8 Å². The number of rotatable bonds is 9. The predicted octanol–water partition coefficient (Wildman–Crippen LogP) is 2.61. The lowest BCUT2D eigenvalue weighted by molar-refractivity contribution is 0.0948. The van der Waals surface area contributed by atoms with Gasteiger partial charge >= 0.3 is 0 Å². The van der Waals surface area contributed by atoms with Crippen molar-refractivity contribution in [3.05, 3.63) is 42.2 Å². The van der Waals surface area contributed by atoms with Gasteiger partial charge in [0.15, 0.2) is 0 Å². The summed E-state index contributed by atoms with van der Waals surface area (Å²) < 4.78 is 15.5. The van der Waals surface area contributed by atoms with Crippen molar-refractivity contribution in [2.75, 3.05) is 39.8 Å². The summed E-state index contributed by atoms with van der Waals surface area (Å²) >= 11 is 0. The molecule has 0 fully saturated rings. The smallest absolute Gasteiger partial charge is 0.252 e. The minimum atomic E-state index is -0.172. The Hall–Kier alpha value is -2.80. The first-order valence-electron chi connectivity index (χ1n) is 7.89. The van der Waals surface area contributed by atoms with E-state index in [9.17, 15) is 4.79 Å². The molecule has 0 unspecified atom stereocenters. The molecule has 25 heavy (non-hydrogen) atoms. The van der Waals surface area contributed by atoms with Crippen LogP contribution in [0.3, 0.4) is 0 Å². The zero-order chi connectivity index (χ0) is 18.1. The summed E-state index contributed by atoms with van der Waals surface area (Å²) in [7, 11) is 4.82. The lowest BCUT2D eigenvalue weighted by Crippen LogP contribution is -2.25. The fourth-order valence-corrected chi connectivity index (χ4v) is 2.21. The number of nitrogens with one attached hydrogen (secondary N) is 2. The Labute approximate surface area is 147 Å². The SMILES string of the molecule is COCCCNC(=O)c1cncc(Nc2ccc(OC)cc2OC)c1. The highest BCUT2D eigenvalue weighted by Gasteiger charge is 2.09. The van der Waals surface area contributed by atoms with Gasteiger partial charge in [0.2, 0.25) is 0 Å². The van der Waals surface area contributed by atoms with Crippen molar-refractivity contribution < 1.29 is 19.0 Å². The van der Waals surface area contributed by atoms with Gasteiger partial charge in [0, 0.05) is 32.5 Å². The first-order chi connectivity index (χ1) is 12.2. The van der Waals surface area contributed by atoms with Crippen LogP contribution in [0.2, 0.25) is 0 Å². The van der Waals surface area contributed by atoms with Crippen molar-refractivity contribution in [2.24, 2.45) is 0 Å². The highest BCUT2D eigenvalue weighted by Crippen LogP contribution is 2.31. The second-order valence-electron chi connectivity index (χ2n) is 5.26. The number of ether oxygens (including phenoxy) is 3. The van der Waals surface area contributed by atoms with Crippen molar-refractivity contribution in [1.29, 1.82) is 0 Å². The van der Waals surface area contributed by atoms with E-state index < -0.39 is 0 Å². The third-order valence-corrected chi connectivity index (χ3v) is 3.50. The maximum absolute atomic E-state index is 12.2. The average molecular weight is 345 g/mol. The molecule has 0 spiro atoms. The Morgan fingerprint density at radius 2 is 1.96 bits per heavy atom. The highest BCUT2D eigenvalue weighted by molar-refractivity contribution is 5.94. The van der Waals surface area contributed by atoms with Gasteiger partial charge in [0.05, 0.1) is 37.4 Å². The molecule has 2 rings (SSSR count). The van der Waals surface area contributed by atoms with Crippen LogP contribution in [0, 0.1) is 0 Å². The van der Waals surface area contributed by atoms with Crippen molar-refractivity contribution in [1.82, 2.24) is 10.3 Å². The monoisotopic (exact) mass is 345 g/mol. The van der Waals surface area contributed by atoms with E-state index in [0.717, 1.165) is 12.1 Å². The van der Waals surface area contributed by atoms with E-state index in [1.54, 1.807) is 39.7 Å². The van der Waals surface area contributed by atoms with E-state index >= 15 is 0 Å². The zero-order valence-corrected chi connectivity index (χ0v) is 14.7. The summed E-state index contributed by atoms with van der Waals surface area (Å²) in [6, 6.07) is 7.18. The van der Waals surface area contributed by atoms with Gasteiger partial charge in [0.25, 0.3) is 5.91 Å². The number of methoxy groups -OCH3 is 3. The minimum Gasteiger partial charge on any atom is -0.497 e. The molecule has 0 saturated carbocycles. The van der Waals surface area contributed by atoms with Gasteiger partial charge in [-0.05, 0) is 24.6 Å². The van der Waals surface area contributed by atoms with Crippen LogP contribution in [-0.2, 0) is 4.74 Å². The second kappa shape index (κ2) is 9.48. The standard InChI is InChI=1S/C18H23N3O4/c1-23-8-4-7-20-18(22)13-9-14(12-19-11-13)21-16-6-5-15(24-2)10-17(16)25-3/h5-6,9-12,21H,4,7-8H2,1-3H3,(H,20,22). The molecule has 0 radical (unpaired) electrons. The summed E-state index contributed by atoms with van der Waals surface area (Å²) in [6.45, 7) is 1.16. The van der Waals surface area contributed by atoms with E-state index in [1.807, 2.05) is 12.1 Å². The minimum absolute atomic E-state index is 0.172. The fraction of sp³-hybridized carbons (Fsp3) is 0.333. The third-order valence-electron chi connectivity index (χ3n) is 3.50. The van der Waals surface area contributed by atoms with E-state index in [1.165, 1.54) is 6.20 Å². The molecule has 0 aliphatic heterocycles. The molecule has 134 valence electrons. The number of anilines is 2. The number of hydrogen-bond donors (Lipinski definition) is 2. The van der Waals surface area contributed by atoms with Crippen molar-refractivity contribution in [2.45, 2.75) is 6.42 Å². The van der Waals surface area contributed by atoms with Gasteiger partial charge < -0.3 is 24.8 Å². The first kappa shape index (κ1) is 18.5. The molecule has 0 aliphatic carbocycles. The molecule has 1 aromatic heterocycles. The molecule has 1 aromatic carbocycles. The van der Waals surface area contributed by atoms with Gasteiger partial charge in [-0.15, -0.1) is 0 Å². The first-order valence-corrected chi connectivity index (χ1v) is 7.89. The molecule has 2 N–H and O–H groups in total. The second-order valence-corrected chi connectivity index (χ2v) is 5.26. The number of aromatic nitrogens is 1. The lowest BCUT2D eigenvalue weighted by atomic mass is 10.2. The topological polar surface area (TPSA) is 81.7 Å². The van der Waals surface area contributed by atoms with Crippen LogP contribution in [-0.4, -0.2) is 45.4 Å². The molecular weight excluding hydrogens is 322 g/mol. The van der Waals surface area contributed by atoms with Crippen LogP contribution in [0.15, 0.2) is 36.7 Å². The number of nitrogens with zero attached hydrogens (tertiary/aromatic N) is 1. The summed E-state index contributed by atoms with van der Waals surface area (Å²) in [4.78, 5) is 16.3. The molecule has 7 nitrogen and oxygen atoms in total. The Morgan fingerprint density at radius 3 is 2.68 bits per heavy atom. The quantitative estimate of drug-likeness (QED) is 0.680. The maximum atomic E-state index is 12.2. The van der Waals surface area contributed by atoms with Gasteiger partial charge in [-0.2, -0.15) is 0 Å².